The highest BCUT2D eigenvalue weighted by Gasteiger charge is 2.44. The van der Waals surface area contributed by atoms with Gasteiger partial charge in [-0.1, -0.05) is 44.2 Å². The molecule has 2 rings (SSSR count). The molecule has 23 heavy (non-hydrogen) atoms. The molecule has 0 radical (unpaired) electrons. The molecule has 122 valence electrons. The number of hydrogen-bond donors (Lipinski definition) is 0. The SMILES string of the molecule is CC(C)=C=CN1C(=O)N(Cc2ccccc2)C(=O)[C@@H]1CC(C)C. The standard InChI is InChI=1S/C19H24N2O2/c1-14(2)10-11-20-17(12-15(3)4)18(22)21(19(20)23)13-16-8-6-5-7-9-16/h5-9,11,15,17H,12-13H2,1-4H3/t17-/m0/s1. The van der Waals surface area contributed by atoms with Gasteiger partial charge in [0, 0.05) is 0 Å². The molecule has 0 aromatic heterocycles. The van der Waals surface area contributed by atoms with Crippen LogP contribution in [0.15, 0.2) is 47.8 Å². The minimum absolute atomic E-state index is 0.126. The number of carbonyl (C=O) groups excluding carboxylic acids is 2. The van der Waals surface area contributed by atoms with E-state index >= 15 is 0 Å². The summed E-state index contributed by atoms with van der Waals surface area (Å²) < 4.78 is 0. The number of hydrogen-bond acceptors (Lipinski definition) is 2. The van der Waals surface area contributed by atoms with Crippen LogP contribution in [0.4, 0.5) is 4.79 Å². The Kier molecular flexibility index (Phi) is 5.41. The number of carbonyl (C=O) groups is 2. The van der Waals surface area contributed by atoms with Gasteiger partial charge in [0.05, 0.1) is 12.7 Å². The molecular weight excluding hydrogens is 288 g/mol. The predicted molar refractivity (Wildman–Crippen MR) is 90.4 cm³/mol. The molecule has 1 aliphatic rings. The maximum atomic E-state index is 12.7. The lowest BCUT2D eigenvalue weighted by molar-refractivity contribution is -0.128. The van der Waals surface area contributed by atoms with Gasteiger partial charge in [0.1, 0.15) is 6.04 Å². The molecule has 0 aliphatic carbocycles. The van der Waals surface area contributed by atoms with E-state index in [1.54, 1.807) is 6.20 Å². The van der Waals surface area contributed by atoms with Crippen LogP contribution < -0.4 is 0 Å². The van der Waals surface area contributed by atoms with Crippen molar-refractivity contribution in [2.75, 3.05) is 0 Å². The van der Waals surface area contributed by atoms with Crippen molar-refractivity contribution in [3.05, 3.63) is 53.4 Å². The van der Waals surface area contributed by atoms with Crippen LogP contribution in [0.2, 0.25) is 0 Å². The number of imide groups is 1. The molecule has 1 aromatic rings. The van der Waals surface area contributed by atoms with Gasteiger partial charge in [0.15, 0.2) is 0 Å². The number of allylic oxidation sites excluding steroid dienone is 1. The van der Waals surface area contributed by atoms with Crippen LogP contribution in [-0.4, -0.2) is 27.8 Å². The summed E-state index contributed by atoms with van der Waals surface area (Å²) in [6.45, 7) is 8.25. The van der Waals surface area contributed by atoms with E-state index in [9.17, 15) is 9.59 Å². The topological polar surface area (TPSA) is 40.6 Å². The molecule has 1 aliphatic heterocycles. The minimum Gasteiger partial charge on any atom is -0.281 e. The Labute approximate surface area is 138 Å². The van der Waals surface area contributed by atoms with Crippen molar-refractivity contribution >= 4 is 11.9 Å². The molecule has 1 fully saturated rings. The summed E-state index contributed by atoms with van der Waals surface area (Å²) in [5.74, 6) is 0.204. The average Bonchev–Trinajstić information content (AvgIpc) is 2.70. The van der Waals surface area contributed by atoms with Crippen LogP contribution in [0.3, 0.4) is 0 Å². The van der Waals surface area contributed by atoms with E-state index in [-0.39, 0.29) is 11.9 Å². The number of amides is 3. The molecule has 3 amide bonds. The van der Waals surface area contributed by atoms with E-state index < -0.39 is 6.04 Å². The largest absolute Gasteiger partial charge is 0.332 e. The summed E-state index contributed by atoms with van der Waals surface area (Å²) in [6.07, 6.45) is 2.27. The molecule has 0 unspecified atom stereocenters. The molecule has 0 spiro atoms. The lowest BCUT2D eigenvalue weighted by Crippen LogP contribution is -2.31. The van der Waals surface area contributed by atoms with Gasteiger partial charge in [-0.05, 0) is 37.3 Å². The fourth-order valence-corrected chi connectivity index (χ4v) is 2.58. The van der Waals surface area contributed by atoms with Crippen LogP contribution in [0.25, 0.3) is 0 Å². The summed E-state index contributed by atoms with van der Waals surface area (Å²) in [6, 6.07) is 8.89. The Balaban J connectivity index is 2.29. The lowest BCUT2D eigenvalue weighted by atomic mass is 10.0. The van der Waals surface area contributed by atoms with Crippen molar-refractivity contribution in [2.24, 2.45) is 5.92 Å². The molecule has 0 N–H and O–H groups in total. The zero-order chi connectivity index (χ0) is 17.0. The Morgan fingerprint density at radius 3 is 2.43 bits per heavy atom. The van der Waals surface area contributed by atoms with Crippen molar-refractivity contribution in [3.63, 3.8) is 0 Å². The second-order valence-corrected chi connectivity index (χ2v) is 6.52. The molecular formula is C19H24N2O2. The molecule has 1 atom stereocenters. The van der Waals surface area contributed by atoms with Gasteiger partial charge < -0.3 is 0 Å². The van der Waals surface area contributed by atoms with E-state index in [0.29, 0.717) is 18.9 Å². The molecule has 0 bridgehead atoms. The third-order valence-corrected chi connectivity index (χ3v) is 3.71. The fraction of sp³-hybridized carbons (Fsp3) is 0.421. The highest BCUT2D eigenvalue weighted by Crippen LogP contribution is 2.25. The average molecular weight is 312 g/mol. The van der Waals surface area contributed by atoms with Crippen LogP contribution in [0, 0.1) is 5.92 Å². The Morgan fingerprint density at radius 1 is 1.22 bits per heavy atom. The van der Waals surface area contributed by atoms with Crippen LogP contribution in [0.5, 0.6) is 0 Å². The van der Waals surface area contributed by atoms with Gasteiger partial charge in [-0.2, -0.15) is 0 Å². The van der Waals surface area contributed by atoms with E-state index in [1.807, 2.05) is 44.2 Å². The third-order valence-electron chi connectivity index (χ3n) is 3.71. The molecule has 4 nitrogen and oxygen atoms in total. The number of urea groups is 1. The van der Waals surface area contributed by atoms with Crippen molar-refractivity contribution in [2.45, 2.75) is 46.7 Å². The fourth-order valence-electron chi connectivity index (χ4n) is 2.58. The van der Waals surface area contributed by atoms with Crippen LogP contribution >= 0.6 is 0 Å². The number of rotatable bonds is 5. The lowest BCUT2D eigenvalue weighted by Gasteiger charge is -2.18. The molecule has 1 aromatic carbocycles. The van der Waals surface area contributed by atoms with Crippen molar-refractivity contribution < 1.29 is 9.59 Å². The van der Waals surface area contributed by atoms with E-state index in [2.05, 4.69) is 19.6 Å². The normalized spacial score (nSPS) is 17.7. The Morgan fingerprint density at radius 2 is 1.87 bits per heavy atom. The number of nitrogens with zero attached hydrogens (tertiary/aromatic N) is 2. The van der Waals surface area contributed by atoms with E-state index in [1.165, 1.54) is 9.80 Å². The summed E-state index contributed by atoms with van der Waals surface area (Å²) in [7, 11) is 0. The zero-order valence-corrected chi connectivity index (χ0v) is 14.2. The second-order valence-electron chi connectivity index (χ2n) is 6.52. The second kappa shape index (κ2) is 7.30. The minimum atomic E-state index is -0.432. The summed E-state index contributed by atoms with van der Waals surface area (Å²) in [4.78, 5) is 28.3. The van der Waals surface area contributed by atoms with E-state index in [0.717, 1.165) is 11.1 Å². The Bertz CT molecular complexity index is 639. The first-order valence-electron chi connectivity index (χ1n) is 7.97. The van der Waals surface area contributed by atoms with Crippen molar-refractivity contribution in [1.29, 1.82) is 0 Å². The van der Waals surface area contributed by atoms with Crippen LogP contribution in [0.1, 0.15) is 39.7 Å². The first kappa shape index (κ1) is 17.0. The van der Waals surface area contributed by atoms with Crippen molar-refractivity contribution in [1.82, 2.24) is 9.80 Å². The van der Waals surface area contributed by atoms with Gasteiger partial charge in [-0.25, -0.2) is 4.79 Å². The molecule has 1 heterocycles. The summed E-state index contributed by atoms with van der Waals surface area (Å²) >= 11 is 0. The first-order chi connectivity index (χ1) is 10.9. The van der Waals surface area contributed by atoms with Gasteiger partial charge in [0.25, 0.3) is 5.91 Å². The monoisotopic (exact) mass is 312 g/mol. The maximum Gasteiger partial charge on any atom is 0.332 e. The Hall–Kier alpha value is -2.32. The van der Waals surface area contributed by atoms with Crippen molar-refractivity contribution in [3.8, 4) is 0 Å². The van der Waals surface area contributed by atoms with Gasteiger partial charge in [0.2, 0.25) is 0 Å². The zero-order valence-electron chi connectivity index (χ0n) is 14.2. The van der Waals surface area contributed by atoms with Gasteiger partial charge in [-0.3, -0.25) is 14.6 Å². The molecule has 1 saturated heterocycles. The summed E-state index contributed by atoms with van der Waals surface area (Å²) in [5.41, 5.74) is 4.96. The third kappa shape index (κ3) is 4.11. The highest BCUT2D eigenvalue weighted by molar-refractivity contribution is 6.04. The predicted octanol–water partition coefficient (Wildman–Crippen LogP) is 3.94. The summed E-state index contributed by atoms with van der Waals surface area (Å²) in [5, 5.41) is 0. The van der Waals surface area contributed by atoms with Crippen LogP contribution in [-0.2, 0) is 11.3 Å². The first-order valence-corrected chi connectivity index (χ1v) is 7.97. The smallest absolute Gasteiger partial charge is 0.281 e. The molecule has 4 heteroatoms. The van der Waals surface area contributed by atoms with E-state index in [4.69, 9.17) is 0 Å². The maximum absolute atomic E-state index is 12.7. The highest BCUT2D eigenvalue weighted by atomic mass is 16.2. The quantitative estimate of drug-likeness (QED) is 0.610. The number of benzene rings is 1. The van der Waals surface area contributed by atoms with Gasteiger partial charge in [-0.15, -0.1) is 5.73 Å². The van der Waals surface area contributed by atoms with Gasteiger partial charge >= 0.3 is 6.03 Å². The molecule has 0 saturated carbocycles.